The van der Waals surface area contributed by atoms with Gasteiger partial charge >= 0.3 is 0 Å². The van der Waals surface area contributed by atoms with Crippen molar-refractivity contribution in [3.63, 3.8) is 0 Å². The van der Waals surface area contributed by atoms with Crippen molar-refractivity contribution in [1.82, 2.24) is 14.1 Å². The molecule has 112 valence electrons. The number of aromatic nitrogens is 3. The van der Waals surface area contributed by atoms with Crippen molar-refractivity contribution >= 4 is 0 Å². The molecular formula is C20H17N3. The first-order chi connectivity index (χ1) is 11.3. The Balaban J connectivity index is 1.69. The summed E-state index contributed by atoms with van der Waals surface area (Å²) in [5, 5.41) is 0. The number of aryl methyl sites for hydroxylation is 1. The molecular weight excluding hydrogens is 282 g/mol. The molecule has 0 amide bonds. The number of imidazole rings is 1. The van der Waals surface area contributed by atoms with E-state index in [1.54, 1.807) is 0 Å². The Morgan fingerprint density at radius 1 is 0.739 bits per heavy atom. The average molecular weight is 299 g/mol. The molecule has 2 aromatic carbocycles. The third-order valence-electron chi connectivity index (χ3n) is 3.99. The Hall–Kier alpha value is -3.07. The van der Waals surface area contributed by atoms with Gasteiger partial charge in [0, 0.05) is 18.1 Å². The average Bonchev–Trinajstić information content (AvgIpc) is 3.25. The Morgan fingerprint density at radius 2 is 1.39 bits per heavy atom. The predicted octanol–water partition coefficient (Wildman–Crippen LogP) is 4.64. The molecule has 0 radical (unpaired) electrons. The molecule has 0 N–H and O–H groups in total. The fourth-order valence-corrected chi connectivity index (χ4v) is 2.78. The molecule has 0 fully saturated rings. The van der Waals surface area contributed by atoms with Gasteiger partial charge in [-0.2, -0.15) is 0 Å². The second kappa shape index (κ2) is 5.61. The zero-order valence-electron chi connectivity index (χ0n) is 12.9. The van der Waals surface area contributed by atoms with Crippen molar-refractivity contribution in [2.45, 2.75) is 6.92 Å². The fraction of sp³-hybridized carbons (Fsp3) is 0.0500. The Bertz CT molecular complexity index is 901. The van der Waals surface area contributed by atoms with Crippen molar-refractivity contribution in [1.29, 1.82) is 0 Å². The van der Waals surface area contributed by atoms with Crippen molar-refractivity contribution in [3.05, 3.63) is 91.1 Å². The van der Waals surface area contributed by atoms with Gasteiger partial charge in [0.15, 0.2) is 5.82 Å². The minimum absolute atomic E-state index is 0.930. The number of hydrogen-bond acceptors (Lipinski definition) is 1. The lowest BCUT2D eigenvalue weighted by atomic mass is 10.1. The first-order valence-electron chi connectivity index (χ1n) is 7.66. The van der Waals surface area contributed by atoms with Crippen LogP contribution in [-0.4, -0.2) is 14.1 Å². The summed E-state index contributed by atoms with van der Waals surface area (Å²) in [5.74, 6) is 1.90. The quantitative estimate of drug-likeness (QED) is 0.540. The normalized spacial score (nSPS) is 10.8. The van der Waals surface area contributed by atoms with Gasteiger partial charge in [-0.05, 0) is 42.3 Å². The smallest absolute Gasteiger partial charge is 0.155 e. The maximum Gasteiger partial charge on any atom is 0.155 e. The number of rotatable bonds is 3. The number of hydrogen-bond donors (Lipinski definition) is 0. The molecule has 2 heterocycles. The summed E-state index contributed by atoms with van der Waals surface area (Å²) in [7, 11) is 0. The van der Waals surface area contributed by atoms with Gasteiger partial charge in [-0.15, -0.1) is 0 Å². The van der Waals surface area contributed by atoms with Crippen molar-refractivity contribution in [2.24, 2.45) is 0 Å². The highest BCUT2D eigenvalue weighted by Crippen LogP contribution is 2.22. The van der Waals surface area contributed by atoms with E-state index < -0.39 is 0 Å². The zero-order valence-corrected chi connectivity index (χ0v) is 12.9. The van der Waals surface area contributed by atoms with Crippen LogP contribution < -0.4 is 0 Å². The van der Waals surface area contributed by atoms with Crippen LogP contribution in [0.4, 0.5) is 0 Å². The monoisotopic (exact) mass is 299 g/mol. The van der Waals surface area contributed by atoms with Crippen LogP contribution >= 0.6 is 0 Å². The van der Waals surface area contributed by atoms with E-state index in [0.717, 1.165) is 17.3 Å². The molecule has 23 heavy (non-hydrogen) atoms. The standard InChI is InChI=1S/C20H17N3/c1-16-21-20(22-13-5-6-14-22)15-23(16)19-11-9-18(10-12-19)17-7-3-2-4-8-17/h2-15H,1H3. The van der Waals surface area contributed by atoms with Gasteiger partial charge in [-0.25, -0.2) is 4.98 Å². The summed E-state index contributed by atoms with van der Waals surface area (Å²) in [6, 6.07) is 23.0. The Kier molecular flexibility index (Phi) is 3.31. The number of nitrogens with zero attached hydrogens (tertiary/aromatic N) is 3. The molecule has 0 bridgehead atoms. The molecule has 0 aliphatic heterocycles. The summed E-state index contributed by atoms with van der Waals surface area (Å²) in [4.78, 5) is 4.64. The molecule has 0 aliphatic rings. The van der Waals surface area contributed by atoms with Crippen LogP contribution in [0.2, 0.25) is 0 Å². The SMILES string of the molecule is Cc1nc(-n2cccc2)cn1-c1ccc(-c2ccccc2)cc1. The third kappa shape index (κ3) is 2.57. The van der Waals surface area contributed by atoms with E-state index >= 15 is 0 Å². The topological polar surface area (TPSA) is 22.8 Å². The van der Waals surface area contributed by atoms with Crippen LogP contribution in [0.15, 0.2) is 85.3 Å². The van der Waals surface area contributed by atoms with Gasteiger partial charge in [0.05, 0.1) is 6.20 Å². The maximum absolute atomic E-state index is 4.64. The molecule has 4 aromatic rings. The van der Waals surface area contributed by atoms with Gasteiger partial charge in [0.1, 0.15) is 5.82 Å². The van der Waals surface area contributed by atoms with Gasteiger partial charge in [-0.3, -0.25) is 0 Å². The molecule has 0 spiro atoms. The molecule has 0 aliphatic carbocycles. The summed E-state index contributed by atoms with van der Waals surface area (Å²) >= 11 is 0. The highest BCUT2D eigenvalue weighted by atomic mass is 15.2. The Morgan fingerprint density at radius 3 is 2.09 bits per heavy atom. The number of benzene rings is 2. The highest BCUT2D eigenvalue weighted by molar-refractivity contribution is 5.64. The van der Waals surface area contributed by atoms with E-state index in [9.17, 15) is 0 Å². The molecule has 0 unspecified atom stereocenters. The molecule has 0 saturated carbocycles. The van der Waals surface area contributed by atoms with Crippen LogP contribution in [-0.2, 0) is 0 Å². The minimum atomic E-state index is 0.930. The van der Waals surface area contributed by atoms with Crippen molar-refractivity contribution in [2.75, 3.05) is 0 Å². The summed E-state index contributed by atoms with van der Waals surface area (Å²) in [5.41, 5.74) is 3.57. The molecule has 3 heteroatoms. The van der Waals surface area contributed by atoms with E-state index in [2.05, 4.69) is 64.3 Å². The van der Waals surface area contributed by atoms with E-state index in [4.69, 9.17) is 0 Å². The molecule has 2 aromatic heterocycles. The van der Waals surface area contributed by atoms with Crippen molar-refractivity contribution in [3.8, 4) is 22.6 Å². The second-order valence-electron chi connectivity index (χ2n) is 5.52. The fourth-order valence-electron chi connectivity index (χ4n) is 2.78. The first kappa shape index (κ1) is 13.6. The lowest BCUT2D eigenvalue weighted by Crippen LogP contribution is -1.94. The summed E-state index contributed by atoms with van der Waals surface area (Å²) in [6.07, 6.45) is 6.07. The van der Waals surface area contributed by atoms with Crippen LogP contribution in [0.25, 0.3) is 22.6 Å². The van der Waals surface area contributed by atoms with Gasteiger partial charge in [0.25, 0.3) is 0 Å². The van der Waals surface area contributed by atoms with E-state index in [1.165, 1.54) is 11.1 Å². The van der Waals surface area contributed by atoms with Crippen LogP contribution in [0, 0.1) is 6.92 Å². The zero-order chi connectivity index (χ0) is 15.6. The van der Waals surface area contributed by atoms with Crippen LogP contribution in [0.1, 0.15) is 5.82 Å². The van der Waals surface area contributed by atoms with Crippen LogP contribution in [0.3, 0.4) is 0 Å². The van der Waals surface area contributed by atoms with Crippen molar-refractivity contribution < 1.29 is 0 Å². The lowest BCUT2D eigenvalue weighted by Gasteiger charge is -2.06. The summed E-state index contributed by atoms with van der Waals surface area (Å²) in [6.45, 7) is 2.03. The predicted molar refractivity (Wildman–Crippen MR) is 93.1 cm³/mol. The minimum Gasteiger partial charge on any atom is -0.307 e. The molecule has 3 nitrogen and oxygen atoms in total. The highest BCUT2D eigenvalue weighted by Gasteiger charge is 2.07. The van der Waals surface area contributed by atoms with Gasteiger partial charge < -0.3 is 9.13 Å². The van der Waals surface area contributed by atoms with Crippen LogP contribution in [0.5, 0.6) is 0 Å². The first-order valence-corrected chi connectivity index (χ1v) is 7.66. The second-order valence-corrected chi connectivity index (χ2v) is 5.52. The maximum atomic E-state index is 4.64. The largest absolute Gasteiger partial charge is 0.307 e. The van der Waals surface area contributed by atoms with Gasteiger partial charge in [-0.1, -0.05) is 42.5 Å². The third-order valence-corrected chi connectivity index (χ3v) is 3.99. The molecule has 0 atom stereocenters. The molecule has 0 saturated heterocycles. The summed E-state index contributed by atoms with van der Waals surface area (Å²) < 4.78 is 4.13. The Labute approximate surface area is 135 Å². The lowest BCUT2D eigenvalue weighted by molar-refractivity contribution is 0.971. The van der Waals surface area contributed by atoms with E-state index in [-0.39, 0.29) is 0 Å². The molecule has 4 rings (SSSR count). The van der Waals surface area contributed by atoms with E-state index in [0.29, 0.717) is 0 Å². The van der Waals surface area contributed by atoms with Gasteiger partial charge in [0.2, 0.25) is 0 Å². The van der Waals surface area contributed by atoms with E-state index in [1.807, 2.05) is 42.1 Å².